The molecule has 9 heteroatoms. The van der Waals surface area contributed by atoms with E-state index in [1.807, 2.05) is 0 Å². The maximum absolute atomic E-state index is 12.7. The Labute approximate surface area is 158 Å². The van der Waals surface area contributed by atoms with Crippen LogP contribution in [0.2, 0.25) is 10.0 Å². The molecule has 4 atom stereocenters. The van der Waals surface area contributed by atoms with Gasteiger partial charge in [0, 0.05) is 10.0 Å². The van der Waals surface area contributed by atoms with Crippen molar-refractivity contribution in [2.75, 3.05) is 4.90 Å². The van der Waals surface area contributed by atoms with Crippen LogP contribution in [0.25, 0.3) is 0 Å². The molecule has 7 nitrogen and oxygen atoms in total. The summed E-state index contributed by atoms with van der Waals surface area (Å²) in [6.45, 7) is 0.362. The molecule has 0 radical (unpaired) electrons. The molecule has 5 rings (SSSR count). The molecule has 3 aliphatic heterocycles. The van der Waals surface area contributed by atoms with Crippen molar-refractivity contribution in [2.24, 2.45) is 11.8 Å². The number of anilines is 1. The highest BCUT2D eigenvalue weighted by Crippen LogP contribution is 2.48. The summed E-state index contributed by atoms with van der Waals surface area (Å²) in [6, 6.07) is 5.20. The quantitative estimate of drug-likeness (QED) is 0.748. The maximum atomic E-state index is 12.7. The maximum Gasteiger partial charge on any atom is 0.258 e. The van der Waals surface area contributed by atoms with Gasteiger partial charge >= 0.3 is 0 Å². The van der Waals surface area contributed by atoms with Crippen LogP contribution in [-0.2, 0) is 20.9 Å². The Morgan fingerprint density at radius 1 is 1.12 bits per heavy atom. The van der Waals surface area contributed by atoms with Crippen LogP contribution in [0.5, 0.6) is 0 Å². The van der Waals surface area contributed by atoms with Crippen LogP contribution in [0, 0.1) is 11.8 Å². The first kappa shape index (κ1) is 16.2. The van der Waals surface area contributed by atoms with Crippen LogP contribution in [0.3, 0.4) is 0 Å². The molecule has 2 bridgehead atoms. The van der Waals surface area contributed by atoms with Crippen LogP contribution in [0.4, 0.5) is 5.95 Å². The third-order valence-electron chi connectivity index (χ3n) is 5.36. The summed E-state index contributed by atoms with van der Waals surface area (Å²) in [6.07, 6.45) is 2.84. The van der Waals surface area contributed by atoms with Crippen molar-refractivity contribution < 1.29 is 14.3 Å². The van der Waals surface area contributed by atoms with Crippen molar-refractivity contribution in [2.45, 2.75) is 31.6 Å². The summed E-state index contributed by atoms with van der Waals surface area (Å²) in [4.78, 5) is 30.8. The highest BCUT2D eigenvalue weighted by atomic mass is 35.5. The topological polar surface area (TPSA) is 77.3 Å². The van der Waals surface area contributed by atoms with Crippen molar-refractivity contribution in [3.63, 3.8) is 0 Å². The third-order valence-corrected chi connectivity index (χ3v) is 5.94. The molecule has 1 aromatic carbocycles. The molecule has 134 valence electrons. The molecule has 3 saturated heterocycles. The van der Waals surface area contributed by atoms with E-state index < -0.39 is 0 Å². The largest absolute Gasteiger partial charge is 0.373 e. The Bertz CT molecular complexity index is 902. The Balaban J connectivity index is 1.40. The number of ether oxygens (including phenoxy) is 1. The van der Waals surface area contributed by atoms with Gasteiger partial charge < -0.3 is 4.74 Å². The smallest absolute Gasteiger partial charge is 0.258 e. The summed E-state index contributed by atoms with van der Waals surface area (Å²) in [5, 5.41) is 5.38. The summed E-state index contributed by atoms with van der Waals surface area (Å²) in [5.41, 5.74) is 0.815. The van der Waals surface area contributed by atoms with E-state index in [1.165, 1.54) is 6.33 Å². The first-order chi connectivity index (χ1) is 12.5. The van der Waals surface area contributed by atoms with Crippen molar-refractivity contribution in [3.8, 4) is 0 Å². The van der Waals surface area contributed by atoms with Crippen molar-refractivity contribution in [1.29, 1.82) is 0 Å². The van der Waals surface area contributed by atoms with Gasteiger partial charge in [-0.25, -0.2) is 9.58 Å². The van der Waals surface area contributed by atoms with Gasteiger partial charge in [-0.1, -0.05) is 29.3 Å². The van der Waals surface area contributed by atoms with E-state index in [2.05, 4.69) is 10.1 Å². The molecule has 2 aromatic rings. The molecule has 1 aromatic heterocycles. The number of fused-ring (bicyclic) bond motifs is 5. The number of carbonyl (C=O) groups excluding carboxylic acids is 2. The Morgan fingerprint density at radius 3 is 2.46 bits per heavy atom. The number of imide groups is 1. The van der Waals surface area contributed by atoms with Crippen LogP contribution in [0.1, 0.15) is 18.4 Å². The van der Waals surface area contributed by atoms with Crippen LogP contribution in [0.15, 0.2) is 24.5 Å². The average Bonchev–Trinajstić information content (AvgIpc) is 3.35. The minimum Gasteiger partial charge on any atom is -0.373 e. The van der Waals surface area contributed by atoms with Gasteiger partial charge in [0.25, 0.3) is 5.95 Å². The molecule has 0 unspecified atom stereocenters. The molecule has 4 heterocycles. The normalized spacial score (nSPS) is 29.7. The summed E-state index contributed by atoms with van der Waals surface area (Å²) < 4.78 is 7.28. The zero-order chi connectivity index (χ0) is 18.0. The zero-order valence-corrected chi connectivity index (χ0v) is 15.0. The number of hydrogen-bond donors (Lipinski definition) is 0. The number of amides is 2. The zero-order valence-electron chi connectivity index (χ0n) is 13.5. The number of carbonyl (C=O) groups is 2. The summed E-state index contributed by atoms with van der Waals surface area (Å²) in [7, 11) is 0. The summed E-state index contributed by atoms with van der Waals surface area (Å²) >= 11 is 12.1. The fourth-order valence-electron chi connectivity index (χ4n) is 4.20. The lowest BCUT2D eigenvalue weighted by molar-refractivity contribution is -0.124. The van der Waals surface area contributed by atoms with E-state index in [9.17, 15) is 9.59 Å². The third kappa shape index (κ3) is 2.31. The predicted octanol–water partition coefficient (Wildman–Crippen LogP) is 2.30. The van der Waals surface area contributed by atoms with Gasteiger partial charge in [0.05, 0.1) is 30.6 Å². The Morgan fingerprint density at radius 2 is 1.81 bits per heavy atom. The molecule has 26 heavy (non-hydrogen) atoms. The molecule has 0 N–H and O–H groups in total. The molecule has 3 aliphatic rings. The minimum absolute atomic E-state index is 0.110. The van der Waals surface area contributed by atoms with E-state index in [1.54, 1.807) is 22.9 Å². The van der Waals surface area contributed by atoms with E-state index in [0.717, 1.165) is 23.3 Å². The van der Waals surface area contributed by atoms with Crippen LogP contribution in [-0.4, -0.2) is 38.8 Å². The monoisotopic (exact) mass is 392 g/mol. The van der Waals surface area contributed by atoms with Crippen molar-refractivity contribution in [3.05, 3.63) is 40.1 Å². The highest BCUT2D eigenvalue weighted by Gasteiger charge is 2.63. The number of rotatable bonds is 3. The fourth-order valence-corrected chi connectivity index (χ4v) is 4.67. The second kappa shape index (κ2) is 5.77. The van der Waals surface area contributed by atoms with Gasteiger partial charge in [0.2, 0.25) is 11.8 Å². The minimum atomic E-state index is -0.390. The number of hydrogen-bond acceptors (Lipinski definition) is 5. The lowest BCUT2D eigenvalue weighted by atomic mass is 9.81. The van der Waals surface area contributed by atoms with Gasteiger partial charge in [0.15, 0.2) is 0 Å². The first-order valence-electron chi connectivity index (χ1n) is 8.39. The molecule has 3 fully saturated rings. The van der Waals surface area contributed by atoms with Crippen molar-refractivity contribution >= 4 is 41.0 Å². The number of benzene rings is 1. The SMILES string of the molecule is O=C1[C@@H]2[C@@H](C(=O)N1c1ncn(Cc3ccc(Cl)cc3Cl)n1)[C@@H]1CC[C@@H]2O1. The second-order valence-corrected chi connectivity index (χ2v) is 7.68. The number of halogens is 2. The molecular weight excluding hydrogens is 379 g/mol. The molecular formula is C17H14Cl2N4O3. The van der Waals surface area contributed by atoms with E-state index >= 15 is 0 Å². The van der Waals surface area contributed by atoms with Gasteiger partial charge in [-0.15, -0.1) is 5.10 Å². The van der Waals surface area contributed by atoms with Gasteiger partial charge in [-0.05, 0) is 30.5 Å². The van der Waals surface area contributed by atoms with Gasteiger partial charge in [-0.3, -0.25) is 9.59 Å². The standard InChI is InChI=1S/C17H14Cl2N4O3/c18-9-2-1-8(10(19)5-9)6-22-7-20-17(21-22)23-15(24)13-11-3-4-12(26-11)14(13)16(23)25/h1-2,5,7,11-14H,3-4,6H2/t11-,12-,13-,14-/m0/s1. The first-order valence-corrected chi connectivity index (χ1v) is 9.15. The highest BCUT2D eigenvalue weighted by molar-refractivity contribution is 6.35. The van der Waals surface area contributed by atoms with Crippen molar-refractivity contribution in [1.82, 2.24) is 14.8 Å². The van der Waals surface area contributed by atoms with Crippen LogP contribution < -0.4 is 4.90 Å². The fraction of sp³-hybridized carbons (Fsp3) is 0.412. The molecule has 2 amide bonds. The van der Waals surface area contributed by atoms with E-state index in [4.69, 9.17) is 27.9 Å². The second-order valence-electron chi connectivity index (χ2n) is 6.83. The molecule has 0 saturated carbocycles. The lowest BCUT2D eigenvalue weighted by Gasteiger charge is -2.14. The summed E-state index contributed by atoms with van der Waals surface area (Å²) in [5.74, 6) is -1.18. The van der Waals surface area contributed by atoms with Gasteiger partial charge in [0.1, 0.15) is 6.33 Å². The Kier molecular flexibility index (Phi) is 3.60. The number of nitrogens with zero attached hydrogens (tertiary/aromatic N) is 4. The van der Waals surface area contributed by atoms with E-state index in [0.29, 0.717) is 16.6 Å². The van der Waals surface area contributed by atoms with Crippen LogP contribution >= 0.6 is 23.2 Å². The van der Waals surface area contributed by atoms with E-state index in [-0.39, 0.29) is 41.8 Å². The lowest BCUT2D eigenvalue weighted by Crippen LogP contribution is -2.35. The average molecular weight is 393 g/mol. The number of aromatic nitrogens is 3. The predicted molar refractivity (Wildman–Crippen MR) is 93.0 cm³/mol. The molecule has 0 spiro atoms. The Hall–Kier alpha value is -1.96. The van der Waals surface area contributed by atoms with Gasteiger partial charge in [-0.2, -0.15) is 4.98 Å². The molecule has 0 aliphatic carbocycles.